The van der Waals surface area contributed by atoms with Crippen LogP contribution >= 0.6 is 0 Å². The zero-order valence-electron chi connectivity index (χ0n) is 41.2. The number of anilines is 6. The zero-order chi connectivity index (χ0) is 48.0. The Labute approximate surface area is 419 Å². The van der Waals surface area contributed by atoms with Crippen molar-refractivity contribution in [2.75, 3.05) is 9.80 Å². The van der Waals surface area contributed by atoms with Gasteiger partial charge in [-0.05, 0) is 152 Å². The van der Waals surface area contributed by atoms with Gasteiger partial charge in [-0.1, -0.05) is 204 Å². The van der Waals surface area contributed by atoms with Gasteiger partial charge in [0.15, 0.2) is 0 Å². The number of hydrogen-bond acceptors (Lipinski definition) is 2. The summed E-state index contributed by atoms with van der Waals surface area (Å²) in [5.41, 5.74) is 17.8. The van der Waals surface area contributed by atoms with E-state index in [-0.39, 0.29) is 5.41 Å². The highest BCUT2D eigenvalue weighted by atomic mass is 28.3. The molecule has 4 heteroatoms. The summed E-state index contributed by atoms with van der Waals surface area (Å²) in [5, 5.41) is 13.4. The second kappa shape index (κ2) is 15.1. The Morgan fingerprint density at radius 1 is 0.338 bits per heavy atom. The van der Waals surface area contributed by atoms with Crippen molar-refractivity contribution in [1.82, 2.24) is 0 Å². The van der Waals surface area contributed by atoms with Crippen molar-refractivity contribution in [3.8, 4) is 33.4 Å². The van der Waals surface area contributed by atoms with E-state index < -0.39 is 16.1 Å². The Morgan fingerprint density at radius 3 is 1.34 bits per heavy atom. The molecule has 0 fully saturated rings. The largest absolute Gasteiger partial charge is 0.311 e. The smallest absolute Gasteiger partial charge is 0.117 e. The Hall–Kier alpha value is -7.77. The summed E-state index contributed by atoms with van der Waals surface area (Å²) in [4.78, 5) is 5.11. The standard InChI is InChI=1S/C67H54N2Si2/c1-67(2)55-25-10-9-22-48(55)51-23-19-24-52(66(51)67)65-50-39-37-46(68-56-26-11-15-30-60(56)70(3,4)61-31-16-12-27-57(61)68)41-53(50)64(45-35-34-43-20-7-8-21-44(43)40-45)49-38-36-47(42-54(49)65)69-58-28-13-17-32-62(58)71(5,6)63-33-18-14-29-59(63)69/h7-42H,1-6H3. The molecular weight excluding hydrogens is 889 g/mol. The molecule has 2 aliphatic heterocycles. The van der Waals surface area contributed by atoms with E-state index in [1.165, 1.54) is 132 Å². The van der Waals surface area contributed by atoms with E-state index in [2.05, 4.69) is 268 Å². The van der Waals surface area contributed by atoms with Gasteiger partial charge in [0.05, 0.1) is 0 Å². The van der Waals surface area contributed by atoms with Crippen molar-refractivity contribution >= 4 is 103 Å². The van der Waals surface area contributed by atoms with Gasteiger partial charge in [0.25, 0.3) is 0 Å². The fourth-order valence-corrected chi connectivity index (χ4v) is 19.4. The summed E-state index contributed by atoms with van der Waals surface area (Å²) in [7, 11) is -4.02. The summed E-state index contributed by atoms with van der Waals surface area (Å²) >= 11 is 0. The van der Waals surface area contributed by atoms with Crippen LogP contribution in [-0.4, -0.2) is 16.1 Å². The number of fused-ring (bicyclic) bond motifs is 10. The fourth-order valence-electron chi connectivity index (χ4n) is 13.4. The molecule has 0 saturated heterocycles. The number of para-hydroxylation sites is 4. The first kappa shape index (κ1) is 42.1. The SMILES string of the molecule is CC1(C)c2ccccc2-c2cccc(-c3c4ccc(N5c6ccccc6[Si](C)(C)c6ccccc65)cc4c(-c4ccc5ccccc5c4)c4ccc(N5c6ccccc6[Si](C)(C)c6ccccc65)cc34)c21. The molecule has 340 valence electrons. The van der Waals surface area contributed by atoms with Gasteiger partial charge in [-0.25, -0.2) is 0 Å². The van der Waals surface area contributed by atoms with Gasteiger partial charge in [-0.3, -0.25) is 0 Å². The maximum atomic E-state index is 2.56. The molecule has 11 aromatic carbocycles. The Kier molecular flexibility index (Phi) is 8.97. The molecular formula is C67H54N2Si2. The van der Waals surface area contributed by atoms with Crippen LogP contribution in [0.4, 0.5) is 34.1 Å². The minimum Gasteiger partial charge on any atom is -0.311 e. The summed E-state index contributed by atoms with van der Waals surface area (Å²) < 4.78 is 0. The summed E-state index contributed by atoms with van der Waals surface area (Å²) in [6.07, 6.45) is 0. The zero-order valence-corrected chi connectivity index (χ0v) is 43.2. The maximum Gasteiger partial charge on any atom is 0.117 e. The van der Waals surface area contributed by atoms with Gasteiger partial charge in [-0.2, -0.15) is 0 Å². The molecule has 0 saturated carbocycles. The first-order valence-corrected chi connectivity index (χ1v) is 31.3. The average molecular weight is 943 g/mol. The van der Waals surface area contributed by atoms with Crippen molar-refractivity contribution < 1.29 is 0 Å². The van der Waals surface area contributed by atoms with Gasteiger partial charge >= 0.3 is 0 Å². The predicted molar refractivity (Wildman–Crippen MR) is 310 cm³/mol. The summed E-state index contributed by atoms with van der Waals surface area (Å²) in [5.74, 6) is 0. The van der Waals surface area contributed by atoms with Crippen molar-refractivity contribution in [2.45, 2.75) is 45.5 Å². The molecule has 0 unspecified atom stereocenters. The van der Waals surface area contributed by atoms with E-state index in [1.54, 1.807) is 0 Å². The molecule has 2 heterocycles. The molecule has 0 bridgehead atoms. The molecule has 0 aromatic heterocycles. The van der Waals surface area contributed by atoms with E-state index in [1.807, 2.05) is 0 Å². The summed E-state index contributed by atoms with van der Waals surface area (Å²) in [6, 6.07) is 83.5. The molecule has 71 heavy (non-hydrogen) atoms. The second-order valence-corrected chi connectivity index (χ2v) is 30.3. The topological polar surface area (TPSA) is 6.48 Å². The first-order chi connectivity index (χ1) is 34.5. The minimum absolute atomic E-state index is 0.228. The Balaban J connectivity index is 1.13. The van der Waals surface area contributed by atoms with Crippen molar-refractivity contribution in [3.05, 3.63) is 230 Å². The normalized spacial score (nSPS) is 15.5. The molecule has 3 aliphatic rings. The third-order valence-corrected chi connectivity index (χ3v) is 23.8. The maximum absolute atomic E-state index is 2.56. The van der Waals surface area contributed by atoms with E-state index in [0.29, 0.717) is 0 Å². The molecule has 0 radical (unpaired) electrons. The van der Waals surface area contributed by atoms with E-state index in [4.69, 9.17) is 0 Å². The van der Waals surface area contributed by atoms with E-state index in [0.717, 1.165) is 0 Å². The Morgan fingerprint density at radius 2 is 0.775 bits per heavy atom. The summed E-state index contributed by atoms with van der Waals surface area (Å²) in [6.45, 7) is 14.9. The lowest BCUT2D eigenvalue weighted by Gasteiger charge is -2.41. The number of nitrogens with zero attached hydrogens (tertiary/aromatic N) is 2. The number of hydrogen-bond donors (Lipinski definition) is 0. The molecule has 0 amide bonds. The lowest BCUT2D eigenvalue weighted by Crippen LogP contribution is -2.58. The van der Waals surface area contributed by atoms with Crippen LogP contribution < -0.4 is 30.5 Å². The minimum atomic E-state index is -2.01. The van der Waals surface area contributed by atoms with Crippen LogP contribution in [0, 0.1) is 0 Å². The van der Waals surface area contributed by atoms with Gasteiger partial charge in [0.1, 0.15) is 16.1 Å². The van der Waals surface area contributed by atoms with Crippen LogP contribution in [0.1, 0.15) is 25.0 Å². The highest BCUT2D eigenvalue weighted by molar-refractivity contribution is 7.03. The molecule has 11 aromatic rings. The monoisotopic (exact) mass is 942 g/mol. The van der Waals surface area contributed by atoms with E-state index >= 15 is 0 Å². The third-order valence-electron chi connectivity index (χ3n) is 16.8. The average Bonchev–Trinajstić information content (AvgIpc) is 3.64. The molecule has 1 aliphatic carbocycles. The first-order valence-electron chi connectivity index (χ1n) is 25.3. The van der Waals surface area contributed by atoms with Gasteiger partial charge in [0, 0.05) is 39.5 Å². The van der Waals surface area contributed by atoms with Gasteiger partial charge in [-0.15, -0.1) is 0 Å². The van der Waals surface area contributed by atoms with Gasteiger partial charge < -0.3 is 9.80 Å². The highest BCUT2D eigenvalue weighted by Gasteiger charge is 2.41. The second-order valence-electron chi connectivity index (χ2n) is 21.7. The number of rotatable bonds is 4. The molecule has 0 atom stereocenters. The molecule has 0 spiro atoms. The molecule has 2 nitrogen and oxygen atoms in total. The van der Waals surface area contributed by atoms with Crippen LogP contribution in [0.25, 0.3) is 65.7 Å². The van der Waals surface area contributed by atoms with Crippen LogP contribution in [0.2, 0.25) is 26.2 Å². The fraction of sp³-hybridized carbons (Fsp3) is 0.104. The van der Waals surface area contributed by atoms with Gasteiger partial charge in [0.2, 0.25) is 0 Å². The van der Waals surface area contributed by atoms with Crippen molar-refractivity contribution in [2.24, 2.45) is 0 Å². The molecule has 0 N–H and O–H groups in total. The lowest BCUT2D eigenvalue weighted by molar-refractivity contribution is 0.662. The number of benzene rings is 11. The third kappa shape index (κ3) is 5.92. The van der Waals surface area contributed by atoms with Crippen LogP contribution in [0.3, 0.4) is 0 Å². The predicted octanol–water partition coefficient (Wildman–Crippen LogP) is 16.0. The lowest BCUT2D eigenvalue weighted by atomic mass is 9.76. The Bertz CT molecular complexity index is 3970. The highest BCUT2D eigenvalue weighted by Crippen LogP contribution is 2.56. The molecule has 14 rings (SSSR count). The van der Waals surface area contributed by atoms with Crippen LogP contribution in [-0.2, 0) is 5.41 Å². The van der Waals surface area contributed by atoms with Crippen LogP contribution in [0.5, 0.6) is 0 Å². The van der Waals surface area contributed by atoms with E-state index in [9.17, 15) is 0 Å². The van der Waals surface area contributed by atoms with Crippen LogP contribution in [0.15, 0.2) is 218 Å². The van der Waals surface area contributed by atoms with Crippen molar-refractivity contribution in [1.29, 1.82) is 0 Å². The van der Waals surface area contributed by atoms with Crippen molar-refractivity contribution in [3.63, 3.8) is 0 Å². The quantitative estimate of drug-likeness (QED) is 0.128.